The standard InChI is InChI=1S/C24H24N2O/c1-5-8-13-19-20(6-2)26-24(27)23(19)21(7-3)25-22-15-18-12-10-9-11-17(18)14-16(22)4/h5-6,8-15H,1,7H2,2-4H3,(H,26,27)/b13-8-,20-6+,25-21?. The molecule has 0 bridgehead atoms. The van der Waals surface area contributed by atoms with Crippen LogP contribution in [0.4, 0.5) is 5.69 Å². The summed E-state index contributed by atoms with van der Waals surface area (Å²) in [6.07, 6.45) is 8.03. The molecule has 1 aliphatic heterocycles. The van der Waals surface area contributed by atoms with Gasteiger partial charge in [0.2, 0.25) is 0 Å². The van der Waals surface area contributed by atoms with Crippen LogP contribution in [0.1, 0.15) is 25.8 Å². The van der Waals surface area contributed by atoms with Gasteiger partial charge in [-0.1, -0.05) is 62.1 Å². The Bertz CT molecular complexity index is 1040. The van der Waals surface area contributed by atoms with E-state index in [0.29, 0.717) is 12.0 Å². The molecule has 1 heterocycles. The Morgan fingerprint density at radius 3 is 2.56 bits per heavy atom. The van der Waals surface area contributed by atoms with Gasteiger partial charge in [-0.25, -0.2) is 0 Å². The molecule has 0 radical (unpaired) electrons. The molecule has 3 heteroatoms. The van der Waals surface area contributed by atoms with E-state index in [-0.39, 0.29) is 5.91 Å². The molecule has 0 aromatic heterocycles. The van der Waals surface area contributed by atoms with Crippen LogP contribution in [0, 0.1) is 6.92 Å². The normalized spacial score (nSPS) is 16.6. The summed E-state index contributed by atoms with van der Waals surface area (Å²) in [4.78, 5) is 17.6. The zero-order valence-corrected chi connectivity index (χ0v) is 16.0. The minimum Gasteiger partial charge on any atom is -0.322 e. The summed E-state index contributed by atoms with van der Waals surface area (Å²) in [5.41, 5.74) is 5.08. The van der Waals surface area contributed by atoms with Gasteiger partial charge in [-0.2, -0.15) is 0 Å². The quantitative estimate of drug-likeness (QED) is 0.541. The number of hydrogen-bond acceptors (Lipinski definition) is 2. The first-order valence-electron chi connectivity index (χ1n) is 9.17. The molecular weight excluding hydrogens is 332 g/mol. The number of aliphatic imine (C=N–C) groups is 1. The van der Waals surface area contributed by atoms with Crippen molar-refractivity contribution in [3.8, 4) is 0 Å². The molecule has 3 nitrogen and oxygen atoms in total. The predicted molar refractivity (Wildman–Crippen MR) is 114 cm³/mol. The number of nitrogens with zero attached hydrogens (tertiary/aromatic N) is 1. The first-order valence-corrected chi connectivity index (χ1v) is 9.17. The Kier molecular flexibility index (Phi) is 5.51. The third-order valence-electron chi connectivity index (χ3n) is 4.67. The number of nitrogens with one attached hydrogen (secondary N) is 1. The fourth-order valence-electron chi connectivity index (χ4n) is 3.28. The molecule has 1 aliphatic rings. The Hall–Kier alpha value is -3.20. The summed E-state index contributed by atoms with van der Waals surface area (Å²) in [6, 6.07) is 12.5. The smallest absolute Gasteiger partial charge is 0.258 e. The van der Waals surface area contributed by atoms with Gasteiger partial charge >= 0.3 is 0 Å². The highest BCUT2D eigenvalue weighted by Gasteiger charge is 2.28. The van der Waals surface area contributed by atoms with Crippen molar-refractivity contribution in [1.29, 1.82) is 0 Å². The molecule has 2 aromatic rings. The summed E-state index contributed by atoms with van der Waals surface area (Å²) in [5, 5.41) is 5.27. The number of rotatable bonds is 5. The molecule has 0 spiro atoms. The molecule has 0 unspecified atom stereocenters. The van der Waals surface area contributed by atoms with Crippen LogP contribution in [-0.2, 0) is 4.79 Å². The lowest BCUT2D eigenvalue weighted by Gasteiger charge is -2.09. The number of allylic oxidation sites excluding steroid dienone is 4. The Labute approximate surface area is 160 Å². The second-order valence-electron chi connectivity index (χ2n) is 6.44. The molecule has 0 aliphatic carbocycles. The van der Waals surface area contributed by atoms with Crippen molar-refractivity contribution in [2.45, 2.75) is 27.2 Å². The summed E-state index contributed by atoms with van der Waals surface area (Å²) in [5.74, 6) is -0.106. The van der Waals surface area contributed by atoms with Crippen LogP contribution in [0.2, 0.25) is 0 Å². The van der Waals surface area contributed by atoms with Crippen molar-refractivity contribution in [2.24, 2.45) is 4.99 Å². The highest BCUT2D eigenvalue weighted by atomic mass is 16.2. The van der Waals surface area contributed by atoms with Crippen molar-refractivity contribution in [3.63, 3.8) is 0 Å². The van der Waals surface area contributed by atoms with Gasteiger partial charge in [-0.15, -0.1) is 0 Å². The zero-order chi connectivity index (χ0) is 19.4. The van der Waals surface area contributed by atoms with Crippen molar-refractivity contribution in [1.82, 2.24) is 5.32 Å². The summed E-state index contributed by atoms with van der Waals surface area (Å²) in [6.45, 7) is 9.72. The second kappa shape index (κ2) is 8.00. The van der Waals surface area contributed by atoms with E-state index in [9.17, 15) is 4.79 Å². The van der Waals surface area contributed by atoms with Crippen molar-refractivity contribution in [2.75, 3.05) is 0 Å². The van der Waals surface area contributed by atoms with Crippen molar-refractivity contribution >= 4 is 28.1 Å². The molecule has 136 valence electrons. The average Bonchev–Trinajstić information content (AvgIpc) is 2.99. The van der Waals surface area contributed by atoms with Crippen LogP contribution in [0.25, 0.3) is 10.8 Å². The maximum absolute atomic E-state index is 12.7. The first kappa shape index (κ1) is 18.6. The fraction of sp³-hybridized carbons (Fsp3) is 0.167. The van der Waals surface area contributed by atoms with E-state index in [1.165, 1.54) is 5.39 Å². The molecule has 0 atom stereocenters. The number of fused-ring (bicyclic) bond motifs is 1. The maximum Gasteiger partial charge on any atom is 0.258 e. The summed E-state index contributed by atoms with van der Waals surface area (Å²) >= 11 is 0. The van der Waals surface area contributed by atoms with E-state index >= 15 is 0 Å². The van der Waals surface area contributed by atoms with Crippen molar-refractivity contribution in [3.05, 3.63) is 89.7 Å². The molecule has 3 rings (SSSR count). The largest absolute Gasteiger partial charge is 0.322 e. The number of aryl methyl sites for hydroxylation is 1. The number of carbonyl (C=O) groups excluding carboxylic acids is 1. The fourth-order valence-corrected chi connectivity index (χ4v) is 3.28. The van der Waals surface area contributed by atoms with E-state index in [0.717, 1.165) is 33.6 Å². The van der Waals surface area contributed by atoms with E-state index < -0.39 is 0 Å². The lowest BCUT2D eigenvalue weighted by Crippen LogP contribution is -2.20. The lowest BCUT2D eigenvalue weighted by atomic mass is 10.0. The van der Waals surface area contributed by atoms with Crippen LogP contribution < -0.4 is 5.32 Å². The minimum atomic E-state index is -0.106. The first-order chi connectivity index (χ1) is 13.1. The van der Waals surface area contributed by atoms with Gasteiger partial charge in [-0.05, 0) is 48.7 Å². The Morgan fingerprint density at radius 1 is 1.22 bits per heavy atom. The minimum absolute atomic E-state index is 0.106. The van der Waals surface area contributed by atoms with Crippen LogP contribution in [0.15, 0.2) is 89.1 Å². The van der Waals surface area contributed by atoms with Gasteiger partial charge in [0.1, 0.15) is 0 Å². The van der Waals surface area contributed by atoms with E-state index in [1.54, 1.807) is 6.08 Å². The molecule has 2 aromatic carbocycles. The topological polar surface area (TPSA) is 41.5 Å². The van der Waals surface area contributed by atoms with Crippen LogP contribution in [0.5, 0.6) is 0 Å². The van der Waals surface area contributed by atoms with Crippen LogP contribution in [0.3, 0.4) is 0 Å². The number of benzene rings is 2. The summed E-state index contributed by atoms with van der Waals surface area (Å²) in [7, 11) is 0. The number of amides is 1. The van der Waals surface area contributed by atoms with Gasteiger partial charge < -0.3 is 5.32 Å². The third kappa shape index (κ3) is 3.68. The monoisotopic (exact) mass is 356 g/mol. The third-order valence-corrected chi connectivity index (χ3v) is 4.67. The summed E-state index contributed by atoms with van der Waals surface area (Å²) < 4.78 is 0. The van der Waals surface area contributed by atoms with Crippen LogP contribution >= 0.6 is 0 Å². The zero-order valence-electron chi connectivity index (χ0n) is 16.0. The SMILES string of the molecule is C=C/C=C\C1=C(C(CC)=Nc2cc3ccccc3cc2C)C(=O)N/C1=C/C. The van der Waals surface area contributed by atoms with Gasteiger partial charge in [0.15, 0.2) is 0 Å². The number of hydrogen-bond donors (Lipinski definition) is 1. The molecule has 1 amide bonds. The molecule has 27 heavy (non-hydrogen) atoms. The Morgan fingerprint density at radius 2 is 1.93 bits per heavy atom. The van der Waals surface area contributed by atoms with Gasteiger partial charge in [0.05, 0.1) is 17.0 Å². The van der Waals surface area contributed by atoms with Crippen molar-refractivity contribution < 1.29 is 4.79 Å². The maximum atomic E-state index is 12.7. The second-order valence-corrected chi connectivity index (χ2v) is 6.44. The molecule has 1 N–H and O–H groups in total. The van der Waals surface area contributed by atoms with E-state index in [2.05, 4.69) is 43.1 Å². The van der Waals surface area contributed by atoms with E-state index in [1.807, 2.05) is 44.2 Å². The van der Waals surface area contributed by atoms with Gasteiger partial charge in [0, 0.05) is 11.3 Å². The molecular formula is C24H24N2O. The highest BCUT2D eigenvalue weighted by molar-refractivity contribution is 6.26. The van der Waals surface area contributed by atoms with Gasteiger partial charge in [0.25, 0.3) is 5.91 Å². The average molecular weight is 356 g/mol. The van der Waals surface area contributed by atoms with E-state index in [4.69, 9.17) is 4.99 Å². The van der Waals surface area contributed by atoms with Crippen LogP contribution in [-0.4, -0.2) is 11.6 Å². The number of carbonyl (C=O) groups is 1. The predicted octanol–water partition coefficient (Wildman–Crippen LogP) is 5.70. The van der Waals surface area contributed by atoms with Gasteiger partial charge in [-0.3, -0.25) is 9.79 Å². The highest BCUT2D eigenvalue weighted by Crippen LogP contribution is 2.30. The molecule has 0 saturated carbocycles. The Balaban J connectivity index is 2.18. The lowest BCUT2D eigenvalue weighted by molar-refractivity contribution is -0.115. The molecule has 0 fully saturated rings. The molecule has 0 saturated heterocycles.